The van der Waals surface area contributed by atoms with E-state index in [1.54, 1.807) is 6.08 Å². The molecular formula is C17H22O. The molecule has 0 spiro atoms. The summed E-state index contributed by atoms with van der Waals surface area (Å²) >= 11 is 0. The van der Waals surface area contributed by atoms with Crippen molar-refractivity contribution in [2.45, 2.75) is 27.7 Å². The molecule has 0 amide bonds. The van der Waals surface area contributed by atoms with Gasteiger partial charge in [0.25, 0.3) is 0 Å². The van der Waals surface area contributed by atoms with Gasteiger partial charge in [0.2, 0.25) is 0 Å². The van der Waals surface area contributed by atoms with Gasteiger partial charge in [0, 0.05) is 5.57 Å². The Morgan fingerprint density at radius 3 is 2.11 bits per heavy atom. The number of allylic oxidation sites excluding steroid dienone is 5. The highest BCUT2D eigenvalue weighted by atomic mass is 16.1. The van der Waals surface area contributed by atoms with Gasteiger partial charge in [-0.15, -0.1) is 0 Å². The van der Waals surface area contributed by atoms with Gasteiger partial charge in [0.15, 0.2) is 5.78 Å². The van der Waals surface area contributed by atoms with Gasteiger partial charge in [-0.25, -0.2) is 0 Å². The van der Waals surface area contributed by atoms with E-state index in [9.17, 15) is 4.79 Å². The van der Waals surface area contributed by atoms with Crippen LogP contribution in [-0.2, 0) is 4.79 Å². The Morgan fingerprint density at radius 2 is 1.61 bits per heavy atom. The Kier molecular flexibility index (Phi) is 9.20. The molecule has 1 heteroatoms. The quantitative estimate of drug-likeness (QED) is 0.546. The summed E-state index contributed by atoms with van der Waals surface area (Å²) in [6.45, 7) is 7.77. The van der Waals surface area contributed by atoms with Crippen LogP contribution in [0.3, 0.4) is 0 Å². The Hall–Kier alpha value is -1.89. The standard InChI is InChI=1S/C15H16O.C2H6/c1-3-8-14(4-2)15(16)12-11-13-9-6-5-7-10-13;1-2/h3-12H,1-2H3;1-2H3/b8-3-,12-11+,14-4+;. The van der Waals surface area contributed by atoms with Crippen molar-refractivity contribution in [2.75, 3.05) is 0 Å². The average molecular weight is 242 g/mol. The third-order valence-electron chi connectivity index (χ3n) is 2.17. The van der Waals surface area contributed by atoms with Crippen LogP contribution < -0.4 is 0 Å². The molecule has 18 heavy (non-hydrogen) atoms. The SMILES string of the molecule is C/C=C\C(=C/C)C(=O)/C=C/c1ccccc1.CC. The number of hydrogen-bond acceptors (Lipinski definition) is 1. The van der Waals surface area contributed by atoms with Crippen LogP contribution in [0.2, 0.25) is 0 Å². The molecular weight excluding hydrogens is 220 g/mol. The van der Waals surface area contributed by atoms with Gasteiger partial charge in [-0.3, -0.25) is 4.79 Å². The molecule has 0 bridgehead atoms. The van der Waals surface area contributed by atoms with Crippen LogP contribution in [0.5, 0.6) is 0 Å². The van der Waals surface area contributed by atoms with Crippen LogP contribution in [0.25, 0.3) is 6.08 Å². The second-order valence-corrected chi connectivity index (χ2v) is 3.35. The molecule has 0 radical (unpaired) electrons. The highest BCUT2D eigenvalue weighted by molar-refractivity contribution is 6.08. The molecule has 0 atom stereocenters. The van der Waals surface area contributed by atoms with Crippen LogP contribution >= 0.6 is 0 Å². The fourth-order valence-corrected chi connectivity index (χ4v) is 1.33. The van der Waals surface area contributed by atoms with E-state index in [0.29, 0.717) is 0 Å². The van der Waals surface area contributed by atoms with Crippen LogP contribution in [0.15, 0.2) is 60.2 Å². The monoisotopic (exact) mass is 242 g/mol. The first-order valence-electron chi connectivity index (χ1n) is 6.34. The maximum absolute atomic E-state index is 11.7. The molecule has 0 aromatic heterocycles. The maximum Gasteiger partial charge on any atom is 0.185 e. The van der Waals surface area contributed by atoms with Crippen molar-refractivity contribution in [3.05, 3.63) is 65.8 Å². The highest BCUT2D eigenvalue weighted by Gasteiger charge is 1.99. The lowest BCUT2D eigenvalue weighted by Gasteiger charge is -1.95. The predicted octanol–water partition coefficient (Wildman–Crippen LogP) is 4.82. The van der Waals surface area contributed by atoms with E-state index < -0.39 is 0 Å². The molecule has 1 aromatic carbocycles. The molecule has 1 nitrogen and oxygen atoms in total. The largest absolute Gasteiger partial charge is 0.289 e. The first kappa shape index (κ1) is 16.1. The van der Waals surface area contributed by atoms with Crippen molar-refractivity contribution < 1.29 is 4.79 Å². The highest BCUT2D eigenvalue weighted by Crippen LogP contribution is 2.05. The summed E-state index contributed by atoms with van der Waals surface area (Å²) in [6.07, 6.45) is 8.93. The molecule has 0 aliphatic heterocycles. The lowest BCUT2D eigenvalue weighted by Crippen LogP contribution is -1.94. The van der Waals surface area contributed by atoms with Crippen LogP contribution in [0, 0.1) is 0 Å². The van der Waals surface area contributed by atoms with Gasteiger partial charge in [-0.2, -0.15) is 0 Å². The van der Waals surface area contributed by atoms with E-state index in [2.05, 4.69) is 0 Å². The van der Waals surface area contributed by atoms with Crippen molar-refractivity contribution >= 4 is 11.9 Å². The summed E-state index contributed by atoms with van der Waals surface area (Å²) in [7, 11) is 0. The van der Waals surface area contributed by atoms with Crippen molar-refractivity contribution in [1.29, 1.82) is 0 Å². The zero-order valence-electron chi connectivity index (χ0n) is 11.7. The summed E-state index contributed by atoms with van der Waals surface area (Å²) in [5.74, 6) is 0.0319. The lowest BCUT2D eigenvalue weighted by molar-refractivity contribution is -0.111. The lowest BCUT2D eigenvalue weighted by atomic mass is 10.1. The smallest absolute Gasteiger partial charge is 0.185 e. The van der Waals surface area contributed by atoms with E-state index in [-0.39, 0.29) is 5.78 Å². The van der Waals surface area contributed by atoms with Crippen LogP contribution in [-0.4, -0.2) is 5.78 Å². The molecule has 0 saturated heterocycles. The van der Waals surface area contributed by atoms with Crippen molar-refractivity contribution in [3.63, 3.8) is 0 Å². The van der Waals surface area contributed by atoms with Gasteiger partial charge in [-0.1, -0.05) is 68.5 Å². The summed E-state index contributed by atoms with van der Waals surface area (Å²) in [6, 6.07) is 9.79. The zero-order chi connectivity index (χ0) is 13.8. The molecule has 0 unspecified atom stereocenters. The Balaban J connectivity index is 0.00000137. The summed E-state index contributed by atoms with van der Waals surface area (Å²) in [4.78, 5) is 11.7. The third-order valence-corrected chi connectivity index (χ3v) is 2.17. The molecule has 0 aliphatic carbocycles. The molecule has 0 fully saturated rings. The first-order valence-corrected chi connectivity index (χ1v) is 6.34. The fraction of sp³-hybridized carbons (Fsp3) is 0.235. The van der Waals surface area contributed by atoms with Crippen molar-refractivity contribution in [2.24, 2.45) is 0 Å². The van der Waals surface area contributed by atoms with Crippen molar-refractivity contribution in [1.82, 2.24) is 0 Å². The number of benzene rings is 1. The van der Waals surface area contributed by atoms with E-state index in [4.69, 9.17) is 0 Å². The Bertz CT molecular complexity index is 422. The zero-order valence-corrected chi connectivity index (χ0v) is 11.7. The average Bonchev–Trinajstić information content (AvgIpc) is 2.45. The van der Waals surface area contributed by atoms with Gasteiger partial charge in [-0.05, 0) is 25.5 Å². The summed E-state index contributed by atoms with van der Waals surface area (Å²) < 4.78 is 0. The van der Waals surface area contributed by atoms with Gasteiger partial charge in [0.1, 0.15) is 0 Å². The number of hydrogen-bond donors (Lipinski definition) is 0. The van der Waals surface area contributed by atoms with Gasteiger partial charge < -0.3 is 0 Å². The Labute approximate surface area is 111 Å². The molecule has 0 heterocycles. The molecule has 96 valence electrons. The fourth-order valence-electron chi connectivity index (χ4n) is 1.33. The molecule has 0 saturated carbocycles. The predicted molar refractivity (Wildman–Crippen MR) is 80.4 cm³/mol. The molecule has 0 aliphatic rings. The molecule has 1 rings (SSSR count). The number of carbonyl (C=O) groups excluding carboxylic acids is 1. The van der Waals surface area contributed by atoms with Gasteiger partial charge in [0.05, 0.1) is 0 Å². The van der Waals surface area contributed by atoms with Crippen molar-refractivity contribution in [3.8, 4) is 0 Å². The first-order chi connectivity index (χ1) is 8.77. The van der Waals surface area contributed by atoms with Gasteiger partial charge >= 0.3 is 0 Å². The Morgan fingerprint density at radius 1 is 1.00 bits per heavy atom. The number of carbonyl (C=O) groups is 1. The topological polar surface area (TPSA) is 17.1 Å². The van der Waals surface area contributed by atoms with E-state index in [1.165, 1.54) is 0 Å². The maximum atomic E-state index is 11.7. The molecule has 1 aromatic rings. The summed E-state index contributed by atoms with van der Waals surface area (Å²) in [5, 5.41) is 0. The van der Waals surface area contributed by atoms with E-state index in [1.807, 2.05) is 82.3 Å². The van der Waals surface area contributed by atoms with Crippen LogP contribution in [0.4, 0.5) is 0 Å². The minimum atomic E-state index is 0.0319. The minimum absolute atomic E-state index is 0.0319. The number of ketones is 1. The number of rotatable bonds is 4. The third kappa shape index (κ3) is 6.00. The normalized spacial score (nSPS) is 11.4. The van der Waals surface area contributed by atoms with Crippen LogP contribution in [0.1, 0.15) is 33.3 Å². The van der Waals surface area contributed by atoms with E-state index in [0.717, 1.165) is 11.1 Å². The second kappa shape index (κ2) is 10.3. The van der Waals surface area contributed by atoms with E-state index >= 15 is 0 Å². The second-order valence-electron chi connectivity index (χ2n) is 3.35. The molecule has 0 N–H and O–H groups in total. The summed E-state index contributed by atoms with van der Waals surface area (Å²) in [5.41, 5.74) is 1.75. The minimum Gasteiger partial charge on any atom is -0.289 e.